The van der Waals surface area contributed by atoms with Gasteiger partial charge < -0.3 is 10.2 Å². The van der Waals surface area contributed by atoms with Crippen LogP contribution in [0.2, 0.25) is 0 Å². The van der Waals surface area contributed by atoms with Gasteiger partial charge in [-0.1, -0.05) is 25.1 Å². The summed E-state index contributed by atoms with van der Waals surface area (Å²) >= 11 is 1.54. The topological polar surface area (TPSA) is 65.5 Å². The third-order valence-electron chi connectivity index (χ3n) is 5.28. The first kappa shape index (κ1) is 19.5. The number of rotatable bonds is 5. The van der Waals surface area contributed by atoms with Crippen LogP contribution in [-0.2, 0) is 11.2 Å². The second-order valence-electron chi connectivity index (χ2n) is 7.16. The van der Waals surface area contributed by atoms with Crippen LogP contribution in [0.5, 0.6) is 0 Å². The third-order valence-corrected chi connectivity index (χ3v) is 6.07. The lowest BCUT2D eigenvalue weighted by Crippen LogP contribution is -2.50. The smallest absolute Gasteiger partial charge is 0.253 e. The van der Waals surface area contributed by atoms with Crippen molar-refractivity contribution in [1.29, 1.82) is 0 Å². The highest BCUT2D eigenvalue weighted by molar-refractivity contribution is 7.16. The molecule has 1 aliphatic heterocycles. The Morgan fingerprint density at radius 1 is 1.10 bits per heavy atom. The van der Waals surface area contributed by atoms with Crippen LogP contribution in [0.1, 0.15) is 22.8 Å². The van der Waals surface area contributed by atoms with Gasteiger partial charge in [0.15, 0.2) is 0 Å². The molecule has 0 saturated carbocycles. The van der Waals surface area contributed by atoms with Crippen LogP contribution in [0.3, 0.4) is 0 Å². The largest absolute Gasteiger partial charge is 0.336 e. The SMILES string of the molecule is CCc1ccccc1NC(=O)CN1CCN(C(=O)c2ccc3ncsc3c2)CC1. The first-order valence-electron chi connectivity index (χ1n) is 9.86. The first-order chi connectivity index (χ1) is 14.1. The van der Waals surface area contributed by atoms with Crippen LogP contribution in [0, 0.1) is 0 Å². The van der Waals surface area contributed by atoms with E-state index in [4.69, 9.17) is 0 Å². The maximum Gasteiger partial charge on any atom is 0.253 e. The van der Waals surface area contributed by atoms with Crippen molar-refractivity contribution in [2.75, 3.05) is 38.0 Å². The predicted molar refractivity (Wildman–Crippen MR) is 116 cm³/mol. The molecule has 2 aromatic carbocycles. The van der Waals surface area contributed by atoms with Crippen molar-refractivity contribution < 1.29 is 9.59 Å². The van der Waals surface area contributed by atoms with Gasteiger partial charge in [0.05, 0.1) is 22.3 Å². The van der Waals surface area contributed by atoms with E-state index < -0.39 is 0 Å². The van der Waals surface area contributed by atoms with E-state index in [0.29, 0.717) is 38.3 Å². The number of carbonyl (C=O) groups excluding carboxylic acids is 2. The van der Waals surface area contributed by atoms with E-state index in [1.807, 2.05) is 47.4 Å². The quantitative estimate of drug-likeness (QED) is 0.704. The third kappa shape index (κ3) is 4.46. The number of piperazine rings is 1. The molecule has 0 atom stereocenters. The standard InChI is InChI=1S/C22H24N4O2S/c1-2-16-5-3-4-6-18(16)24-21(27)14-25-9-11-26(12-10-25)22(28)17-7-8-19-20(13-17)29-15-23-19/h3-8,13,15H,2,9-12,14H2,1H3,(H,24,27). The molecule has 1 aliphatic rings. The first-order valence-corrected chi connectivity index (χ1v) is 10.7. The number of nitrogens with zero attached hydrogens (tertiary/aromatic N) is 3. The number of fused-ring (bicyclic) bond motifs is 1. The molecule has 0 aliphatic carbocycles. The van der Waals surface area contributed by atoms with Crippen LogP contribution < -0.4 is 5.32 Å². The van der Waals surface area contributed by atoms with E-state index in [2.05, 4.69) is 22.1 Å². The van der Waals surface area contributed by atoms with Gasteiger partial charge in [-0.3, -0.25) is 14.5 Å². The fourth-order valence-corrected chi connectivity index (χ4v) is 4.34. The molecule has 1 saturated heterocycles. The summed E-state index contributed by atoms with van der Waals surface area (Å²) < 4.78 is 1.03. The molecule has 0 radical (unpaired) electrons. The zero-order valence-corrected chi connectivity index (χ0v) is 17.2. The Kier molecular flexibility index (Phi) is 5.87. The molecule has 0 unspecified atom stereocenters. The Labute approximate surface area is 174 Å². The summed E-state index contributed by atoms with van der Waals surface area (Å²) in [5, 5.41) is 3.02. The van der Waals surface area contributed by atoms with Crippen molar-refractivity contribution in [3.05, 3.63) is 59.1 Å². The molecule has 7 heteroatoms. The second-order valence-corrected chi connectivity index (χ2v) is 8.05. The van der Waals surface area contributed by atoms with Crippen LogP contribution >= 0.6 is 11.3 Å². The number of benzene rings is 2. The number of hydrogen-bond acceptors (Lipinski definition) is 5. The molecule has 0 bridgehead atoms. The lowest BCUT2D eigenvalue weighted by molar-refractivity contribution is -0.117. The van der Waals surface area contributed by atoms with Crippen LogP contribution in [0.4, 0.5) is 5.69 Å². The summed E-state index contributed by atoms with van der Waals surface area (Å²) in [6.07, 6.45) is 0.880. The Hall–Kier alpha value is -2.77. The number of nitrogens with one attached hydrogen (secondary N) is 1. The average molecular weight is 409 g/mol. The number of aromatic nitrogens is 1. The zero-order chi connectivity index (χ0) is 20.2. The van der Waals surface area contributed by atoms with Gasteiger partial charge in [-0.15, -0.1) is 11.3 Å². The molecule has 3 aromatic rings. The fraction of sp³-hybridized carbons (Fsp3) is 0.318. The van der Waals surface area contributed by atoms with E-state index >= 15 is 0 Å². The second kappa shape index (κ2) is 8.71. The molecular formula is C22H24N4O2S. The van der Waals surface area contributed by atoms with Crippen LogP contribution in [0.15, 0.2) is 48.0 Å². The van der Waals surface area contributed by atoms with Crippen LogP contribution in [0.25, 0.3) is 10.2 Å². The zero-order valence-electron chi connectivity index (χ0n) is 16.4. The fourth-order valence-electron chi connectivity index (χ4n) is 3.62. The van der Waals surface area contributed by atoms with Crippen molar-refractivity contribution in [2.24, 2.45) is 0 Å². The van der Waals surface area contributed by atoms with Crippen LogP contribution in [-0.4, -0.2) is 59.3 Å². The highest BCUT2D eigenvalue weighted by Crippen LogP contribution is 2.20. The summed E-state index contributed by atoms with van der Waals surface area (Å²) in [5.41, 5.74) is 5.43. The van der Waals surface area contributed by atoms with E-state index in [9.17, 15) is 9.59 Å². The molecule has 6 nitrogen and oxygen atoms in total. The van der Waals surface area contributed by atoms with E-state index in [1.54, 1.807) is 16.8 Å². The monoisotopic (exact) mass is 408 g/mol. The summed E-state index contributed by atoms with van der Waals surface area (Å²) in [6.45, 7) is 5.05. The van der Waals surface area contributed by atoms with Crippen molar-refractivity contribution in [2.45, 2.75) is 13.3 Å². The van der Waals surface area contributed by atoms with Gasteiger partial charge in [-0.2, -0.15) is 0 Å². The highest BCUT2D eigenvalue weighted by atomic mass is 32.1. The molecule has 2 amide bonds. The van der Waals surface area contributed by atoms with Crippen molar-refractivity contribution >= 4 is 39.1 Å². The van der Waals surface area contributed by atoms with Gasteiger partial charge in [0.25, 0.3) is 5.91 Å². The summed E-state index contributed by atoms with van der Waals surface area (Å²) in [7, 11) is 0. The average Bonchev–Trinajstić information content (AvgIpc) is 3.22. The molecule has 1 aromatic heterocycles. The minimum atomic E-state index is -0.0127. The van der Waals surface area contributed by atoms with Gasteiger partial charge in [0.2, 0.25) is 5.91 Å². The Balaban J connectivity index is 1.30. The summed E-state index contributed by atoms with van der Waals surface area (Å²) in [6, 6.07) is 13.5. The molecule has 0 spiro atoms. The van der Waals surface area contributed by atoms with Crippen molar-refractivity contribution in [3.63, 3.8) is 0 Å². The van der Waals surface area contributed by atoms with E-state index in [-0.39, 0.29) is 11.8 Å². The minimum Gasteiger partial charge on any atom is -0.336 e. The summed E-state index contributed by atoms with van der Waals surface area (Å²) in [4.78, 5) is 33.5. The Bertz CT molecular complexity index is 1020. The normalized spacial score (nSPS) is 14.9. The Morgan fingerprint density at radius 3 is 2.69 bits per heavy atom. The molecule has 1 N–H and O–H groups in total. The van der Waals surface area contributed by atoms with Gasteiger partial charge in [-0.25, -0.2) is 4.98 Å². The van der Waals surface area contributed by atoms with Crippen molar-refractivity contribution in [1.82, 2.24) is 14.8 Å². The lowest BCUT2D eigenvalue weighted by Gasteiger charge is -2.34. The van der Waals surface area contributed by atoms with E-state index in [1.165, 1.54) is 0 Å². The van der Waals surface area contributed by atoms with Gasteiger partial charge in [0.1, 0.15) is 0 Å². The maximum atomic E-state index is 12.8. The maximum absolute atomic E-state index is 12.8. The molecule has 29 heavy (non-hydrogen) atoms. The molecule has 150 valence electrons. The molecule has 2 heterocycles. The number of para-hydroxylation sites is 1. The molecular weight excluding hydrogens is 384 g/mol. The summed E-state index contributed by atoms with van der Waals surface area (Å²) in [5.74, 6) is 0.0302. The number of aryl methyl sites for hydroxylation is 1. The van der Waals surface area contributed by atoms with Crippen molar-refractivity contribution in [3.8, 4) is 0 Å². The number of amides is 2. The van der Waals surface area contributed by atoms with Gasteiger partial charge in [-0.05, 0) is 36.2 Å². The number of anilines is 1. The number of thiazole rings is 1. The lowest BCUT2D eigenvalue weighted by atomic mass is 10.1. The number of hydrogen-bond donors (Lipinski definition) is 1. The highest BCUT2D eigenvalue weighted by Gasteiger charge is 2.23. The van der Waals surface area contributed by atoms with E-state index in [0.717, 1.165) is 27.9 Å². The number of carbonyl (C=O) groups is 2. The molecule has 4 rings (SSSR count). The Morgan fingerprint density at radius 2 is 1.90 bits per heavy atom. The minimum absolute atomic E-state index is 0.0127. The molecule has 1 fully saturated rings. The van der Waals surface area contributed by atoms with Gasteiger partial charge in [0, 0.05) is 37.4 Å². The van der Waals surface area contributed by atoms with Gasteiger partial charge >= 0.3 is 0 Å². The predicted octanol–water partition coefficient (Wildman–Crippen LogP) is 3.26.